The highest BCUT2D eigenvalue weighted by atomic mass is 32.2. The van der Waals surface area contributed by atoms with Crippen LogP contribution in [0.5, 0.6) is 0 Å². The molecular formula is C6H11N3O4S3. The van der Waals surface area contributed by atoms with Crippen LogP contribution in [0.2, 0.25) is 0 Å². The minimum atomic E-state index is -3.85. The topological polar surface area (TPSA) is 119 Å². The summed E-state index contributed by atoms with van der Waals surface area (Å²) in [5, 5.41) is 4.94. The molecule has 7 nitrogen and oxygen atoms in total. The van der Waals surface area contributed by atoms with Gasteiger partial charge in [0.25, 0.3) is 0 Å². The van der Waals surface area contributed by atoms with Crippen LogP contribution in [0.1, 0.15) is 12.6 Å². The average molecular weight is 285 g/mol. The summed E-state index contributed by atoms with van der Waals surface area (Å²) in [6.07, 6.45) is 0. The van der Waals surface area contributed by atoms with Crippen molar-refractivity contribution in [3.63, 3.8) is 0 Å². The summed E-state index contributed by atoms with van der Waals surface area (Å²) in [6, 6.07) is 0. The van der Waals surface area contributed by atoms with Crippen molar-refractivity contribution in [3.8, 4) is 0 Å². The van der Waals surface area contributed by atoms with Crippen LogP contribution in [0.25, 0.3) is 0 Å². The van der Waals surface area contributed by atoms with Crippen LogP contribution in [0.3, 0.4) is 0 Å². The van der Waals surface area contributed by atoms with Crippen LogP contribution in [-0.4, -0.2) is 27.6 Å². The van der Waals surface area contributed by atoms with E-state index >= 15 is 0 Å². The molecule has 0 fully saturated rings. The molecule has 0 aliphatic heterocycles. The smallest absolute Gasteiger partial charge is 0.249 e. The maximum Gasteiger partial charge on any atom is 0.249 e. The summed E-state index contributed by atoms with van der Waals surface area (Å²) in [4.78, 5) is 3.78. The molecule has 1 aromatic rings. The van der Waals surface area contributed by atoms with E-state index in [4.69, 9.17) is 5.14 Å². The molecule has 0 saturated heterocycles. The molecule has 0 radical (unpaired) electrons. The molecule has 0 atom stereocenters. The van der Waals surface area contributed by atoms with E-state index in [-0.39, 0.29) is 20.8 Å². The number of nitrogens with two attached hydrogens (primary N) is 1. The molecule has 0 bridgehead atoms. The molecule has 0 aliphatic rings. The number of rotatable bonds is 4. The second kappa shape index (κ2) is 4.28. The van der Waals surface area contributed by atoms with Crippen LogP contribution in [0.4, 0.5) is 5.13 Å². The number of hydrogen-bond donors (Lipinski definition) is 2. The zero-order chi connectivity index (χ0) is 12.6. The molecule has 1 aromatic heterocycles. The normalized spacial score (nSPS) is 12.7. The van der Waals surface area contributed by atoms with E-state index in [0.29, 0.717) is 11.3 Å². The summed E-state index contributed by atoms with van der Waals surface area (Å²) in [6.45, 7) is 2.91. The molecular weight excluding hydrogens is 274 g/mol. The Bertz CT molecular complexity index is 587. The first-order valence-electron chi connectivity index (χ1n) is 4.16. The van der Waals surface area contributed by atoms with Crippen LogP contribution in [0, 0.1) is 6.92 Å². The van der Waals surface area contributed by atoms with E-state index in [0.717, 1.165) is 0 Å². The number of hydrogen-bond acceptors (Lipinski definition) is 6. The molecule has 0 unspecified atom stereocenters. The van der Waals surface area contributed by atoms with Crippen molar-refractivity contribution < 1.29 is 16.8 Å². The molecule has 1 rings (SSSR count). The van der Waals surface area contributed by atoms with E-state index in [2.05, 4.69) is 9.71 Å². The Balaban J connectivity index is 3.13. The minimum absolute atomic E-state index is 0.00313. The van der Waals surface area contributed by atoms with Gasteiger partial charge in [0.15, 0.2) is 9.34 Å². The van der Waals surface area contributed by atoms with E-state index in [1.165, 1.54) is 13.8 Å². The lowest BCUT2D eigenvalue weighted by molar-refractivity contribution is 0.598. The van der Waals surface area contributed by atoms with Crippen LogP contribution in [0.15, 0.2) is 4.21 Å². The molecule has 0 saturated carbocycles. The van der Waals surface area contributed by atoms with E-state index in [9.17, 15) is 16.8 Å². The second-order valence-corrected chi connectivity index (χ2v) is 7.71. The van der Waals surface area contributed by atoms with Gasteiger partial charge in [-0.15, -0.1) is 0 Å². The van der Waals surface area contributed by atoms with Crippen molar-refractivity contribution in [2.24, 2.45) is 5.14 Å². The quantitative estimate of drug-likeness (QED) is 0.798. The summed E-state index contributed by atoms with van der Waals surface area (Å²) < 4.78 is 46.6. The third kappa shape index (κ3) is 3.14. The Hall–Kier alpha value is -0.710. The molecule has 10 heteroatoms. The number of sulfonamides is 2. The zero-order valence-corrected chi connectivity index (χ0v) is 11.0. The number of nitrogens with one attached hydrogen (secondary N) is 1. The predicted molar refractivity (Wildman–Crippen MR) is 61.3 cm³/mol. The van der Waals surface area contributed by atoms with Gasteiger partial charge in [-0.1, -0.05) is 11.3 Å². The first-order chi connectivity index (χ1) is 7.15. The molecule has 3 N–H and O–H groups in total. The van der Waals surface area contributed by atoms with Gasteiger partial charge in [-0.05, 0) is 13.8 Å². The fraction of sp³-hybridized carbons (Fsp3) is 0.500. The van der Waals surface area contributed by atoms with Crippen LogP contribution < -0.4 is 9.86 Å². The Morgan fingerprint density at radius 2 is 1.94 bits per heavy atom. The summed E-state index contributed by atoms with van der Waals surface area (Å²) >= 11 is 0.694. The number of anilines is 1. The van der Waals surface area contributed by atoms with E-state index in [1.807, 2.05) is 0 Å². The van der Waals surface area contributed by atoms with Gasteiger partial charge in [0, 0.05) is 0 Å². The number of nitrogens with zero attached hydrogens (tertiary/aromatic N) is 1. The van der Waals surface area contributed by atoms with Crippen LogP contribution in [-0.2, 0) is 20.0 Å². The average Bonchev–Trinajstić information content (AvgIpc) is 2.45. The van der Waals surface area contributed by atoms with Gasteiger partial charge in [-0.2, -0.15) is 0 Å². The zero-order valence-electron chi connectivity index (χ0n) is 8.59. The number of primary sulfonamides is 1. The molecule has 0 aromatic carbocycles. The van der Waals surface area contributed by atoms with Gasteiger partial charge in [0.1, 0.15) is 0 Å². The lowest BCUT2D eigenvalue weighted by Gasteiger charge is -1.99. The lowest BCUT2D eigenvalue weighted by Crippen LogP contribution is -2.14. The maximum absolute atomic E-state index is 11.2. The van der Waals surface area contributed by atoms with Crippen LogP contribution >= 0.6 is 11.3 Å². The number of aromatic nitrogens is 1. The van der Waals surface area contributed by atoms with Crippen molar-refractivity contribution in [3.05, 3.63) is 5.69 Å². The fourth-order valence-electron chi connectivity index (χ4n) is 0.895. The summed E-state index contributed by atoms with van der Waals surface area (Å²) in [5.41, 5.74) is 0.182. The third-order valence-electron chi connectivity index (χ3n) is 1.64. The maximum atomic E-state index is 11.2. The predicted octanol–water partition coefficient (Wildman–Crippen LogP) is -0.139. The lowest BCUT2D eigenvalue weighted by atomic mass is 10.6. The Morgan fingerprint density at radius 1 is 1.38 bits per heavy atom. The molecule has 0 amide bonds. The Morgan fingerprint density at radius 3 is 2.31 bits per heavy atom. The molecule has 92 valence electrons. The monoisotopic (exact) mass is 285 g/mol. The standard InChI is InChI=1S/C6H11N3O4S3/c1-3-15(10,11)9-6-8-4(2)5(14-6)16(7,12)13/h3H2,1-2H3,(H,8,9)(H2,7,12,13). The van der Waals surface area contributed by atoms with E-state index in [1.54, 1.807) is 0 Å². The van der Waals surface area contributed by atoms with Gasteiger partial charge in [-0.3, -0.25) is 4.72 Å². The first-order valence-corrected chi connectivity index (χ1v) is 8.18. The van der Waals surface area contributed by atoms with Gasteiger partial charge in [0.05, 0.1) is 11.4 Å². The van der Waals surface area contributed by atoms with Crippen molar-refractivity contribution in [2.45, 2.75) is 18.1 Å². The Labute approximate surface area is 97.8 Å². The fourth-order valence-corrected chi connectivity index (χ4v) is 3.61. The summed E-state index contributed by atoms with van der Waals surface area (Å²) in [7, 11) is -7.31. The highest BCUT2D eigenvalue weighted by molar-refractivity contribution is 7.93. The van der Waals surface area contributed by atoms with Crippen molar-refractivity contribution in [1.82, 2.24) is 4.98 Å². The minimum Gasteiger partial charge on any atom is -0.259 e. The van der Waals surface area contributed by atoms with Crippen molar-refractivity contribution >= 4 is 36.5 Å². The van der Waals surface area contributed by atoms with Gasteiger partial charge in [-0.25, -0.2) is 27.0 Å². The van der Waals surface area contributed by atoms with Crippen molar-refractivity contribution in [2.75, 3.05) is 10.5 Å². The van der Waals surface area contributed by atoms with E-state index < -0.39 is 20.0 Å². The second-order valence-electron chi connectivity index (χ2n) is 2.94. The third-order valence-corrected chi connectivity index (χ3v) is 5.66. The van der Waals surface area contributed by atoms with Gasteiger partial charge < -0.3 is 0 Å². The molecule has 16 heavy (non-hydrogen) atoms. The first kappa shape index (κ1) is 13.4. The molecule has 1 heterocycles. The van der Waals surface area contributed by atoms with Gasteiger partial charge >= 0.3 is 0 Å². The Kier molecular flexibility index (Phi) is 3.57. The number of thiazole rings is 1. The number of aryl methyl sites for hydroxylation is 1. The molecule has 0 spiro atoms. The summed E-state index contributed by atoms with van der Waals surface area (Å²) in [5.74, 6) is -0.115. The van der Waals surface area contributed by atoms with Crippen molar-refractivity contribution in [1.29, 1.82) is 0 Å². The highest BCUT2D eigenvalue weighted by Crippen LogP contribution is 2.26. The SMILES string of the molecule is CCS(=O)(=O)Nc1nc(C)c(S(N)(=O)=O)s1. The highest BCUT2D eigenvalue weighted by Gasteiger charge is 2.19. The van der Waals surface area contributed by atoms with Gasteiger partial charge in [0.2, 0.25) is 20.0 Å². The molecule has 0 aliphatic carbocycles. The largest absolute Gasteiger partial charge is 0.259 e.